The molecule has 1 amide bonds. The third kappa shape index (κ3) is 6.67. The molecule has 34 heavy (non-hydrogen) atoms. The molecule has 184 valence electrons. The van der Waals surface area contributed by atoms with Crippen molar-refractivity contribution in [2.75, 3.05) is 18.0 Å². The van der Waals surface area contributed by atoms with Crippen LogP contribution in [0, 0.1) is 17.0 Å². The number of halogens is 1. The van der Waals surface area contributed by atoms with Gasteiger partial charge in [-0.05, 0) is 51.0 Å². The number of carbonyl (C=O) groups is 1. The van der Waals surface area contributed by atoms with Gasteiger partial charge in [0.15, 0.2) is 0 Å². The number of hydrogen-bond donors (Lipinski definition) is 1. The molecule has 2 aromatic rings. The maximum absolute atomic E-state index is 13.6. The Morgan fingerprint density at radius 3 is 2.59 bits per heavy atom. The Morgan fingerprint density at radius 2 is 1.97 bits per heavy atom. The lowest BCUT2D eigenvalue weighted by molar-refractivity contribution is -0.385. The van der Waals surface area contributed by atoms with Crippen molar-refractivity contribution in [3.8, 4) is 5.75 Å². The number of rotatable bonds is 11. The number of nitrogens with one attached hydrogen (secondary N) is 1. The van der Waals surface area contributed by atoms with Gasteiger partial charge in [-0.15, -0.1) is 0 Å². The Balaban J connectivity index is 2.54. The Kier molecular flexibility index (Phi) is 9.39. The molecule has 0 unspecified atom stereocenters. The third-order valence-corrected chi connectivity index (χ3v) is 6.92. The van der Waals surface area contributed by atoms with Crippen LogP contribution in [0.2, 0.25) is 5.02 Å². The summed E-state index contributed by atoms with van der Waals surface area (Å²) in [5, 5.41) is 15.6. The number of carbonyl (C=O) groups excluding carboxylic acids is 1. The fourth-order valence-corrected chi connectivity index (χ4v) is 4.65. The second-order valence-corrected chi connectivity index (χ2v) is 9.82. The summed E-state index contributed by atoms with van der Waals surface area (Å²) in [4.78, 5) is 23.0. The highest BCUT2D eigenvalue weighted by Crippen LogP contribution is 2.35. The molecule has 0 fully saturated rings. The van der Waals surface area contributed by atoms with E-state index in [2.05, 4.69) is 10.5 Å². The Labute approximate surface area is 203 Å². The molecular formula is C22H27ClN4O6S. The monoisotopic (exact) mass is 510 g/mol. The van der Waals surface area contributed by atoms with Crippen LogP contribution in [0.25, 0.3) is 0 Å². The van der Waals surface area contributed by atoms with E-state index in [9.17, 15) is 23.3 Å². The van der Waals surface area contributed by atoms with Gasteiger partial charge in [-0.2, -0.15) is 5.10 Å². The van der Waals surface area contributed by atoms with E-state index in [-0.39, 0.29) is 27.0 Å². The molecule has 0 heterocycles. The summed E-state index contributed by atoms with van der Waals surface area (Å²) >= 11 is 6.10. The molecule has 0 bridgehead atoms. The van der Waals surface area contributed by atoms with E-state index in [1.165, 1.54) is 44.4 Å². The van der Waals surface area contributed by atoms with Gasteiger partial charge in [-0.1, -0.05) is 31.0 Å². The minimum Gasteiger partial charge on any atom is -0.495 e. The van der Waals surface area contributed by atoms with E-state index in [1.807, 2.05) is 6.92 Å². The summed E-state index contributed by atoms with van der Waals surface area (Å²) in [5.41, 5.74) is 3.00. The minimum atomic E-state index is -4.44. The van der Waals surface area contributed by atoms with E-state index in [0.29, 0.717) is 17.7 Å². The van der Waals surface area contributed by atoms with Gasteiger partial charge in [0.05, 0.1) is 22.6 Å². The second kappa shape index (κ2) is 11.8. The number of nitro benzene ring substituents is 1. The molecule has 2 rings (SSSR count). The van der Waals surface area contributed by atoms with Gasteiger partial charge in [0, 0.05) is 22.4 Å². The lowest BCUT2D eigenvalue weighted by Gasteiger charge is -2.25. The maximum atomic E-state index is 13.6. The van der Waals surface area contributed by atoms with Crippen LogP contribution in [-0.4, -0.2) is 38.6 Å². The molecule has 0 aliphatic heterocycles. The number of ether oxygens (including phenoxy) is 1. The van der Waals surface area contributed by atoms with Gasteiger partial charge in [0.25, 0.3) is 21.6 Å². The first-order chi connectivity index (χ1) is 16.0. The zero-order valence-corrected chi connectivity index (χ0v) is 20.9. The predicted molar refractivity (Wildman–Crippen MR) is 131 cm³/mol. The zero-order chi connectivity index (χ0) is 25.5. The summed E-state index contributed by atoms with van der Waals surface area (Å²) in [5.74, 6) is -0.562. The maximum Gasteiger partial charge on any atom is 0.273 e. The number of nitro groups is 1. The van der Waals surface area contributed by atoms with Crippen LogP contribution in [0.5, 0.6) is 5.75 Å². The van der Waals surface area contributed by atoms with Crippen LogP contribution >= 0.6 is 11.6 Å². The number of sulfonamides is 1. The Morgan fingerprint density at radius 1 is 1.26 bits per heavy atom. The van der Waals surface area contributed by atoms with Gasteiger partial charge in [-0.3, -0.25) is 19.2 Å². The molecule has 1 N–H and O–H groups in total. The molecule has 0 atom stereocenters. The highest BCUT2D eigenvalue weighted by Gasteiger charge is 2.31. The number of nitrogens with zero attached hydrogens (tertiary/aromatic N) is 3. The average molecular weight is 511 g/mol. The van der Waals surface area contributed by atoms with Crippen molar-refractivity contribution >= 4 is 44.6 Å². The highest BCUT2D eigenvalue weighted by molar-refractivity contribution is 7.92. The number of unbranched alkanes of at least 4 members (excludes halogenated alkanes) is 1. The zero-order valence-electron chi connectivity index (χ0n) is 19.4. The van der Waals surface area contributed by atoms with E-state index in [4.69, 9.17) is 16.3 Å². The number of hydrazone groups is 1. The van der Waals surface area contributed by atoms with Crippen molar-refractivity contribution in [2.24, 2.45) is 5.10 Å². The van der Waals surface area contributed by atoms with Gasteiger partial charge in [-0.25, -0.2) is 13.8 Å². The molecule has 0 aliphatic carbocycles. The van der Waals surface area contributed by atoms with E-state index >= 15 is 0 Å². The van der Waals surface area contributed by atoms with Crippen LogP contribution in [0.1, 0.15) is 38.7 Å². The first-order valence-corrected chi connectivity index (χ1v) is 12.3. The molecule has 0 aliphatic rings. The molecule has 0 radical (unpaired) electrons. The molecule has 0 aromatic heterocycles. The van der Waals surface area contributed by atoms with Crippen LogP contribution < -0.4 is 14.5 Å². The number of aryl methyl sites for hydroxylation is 1. The van der Waals surface area contributed by atoms with Crippen molar-refractivity contribution in [3.05, 3.63) is 57.1 Å². The van der Waals surface area contributed by atoms with E-state index < -0.39 is 27.4 Å². The minimum absolute atomic E-state index is 0.0000579. The highest BCUT2D eigenvalue weighted by atomic mass is 35.5. The second-order valence-electron chi connectivity index (χ2n) is 7.52. The number of hydrogen-bond acceptors (Lipinski definition) is 7. The molecule has 0 spiro atoms. The summed E-state index contributed by atoms with van der Waals surface area (Å²) in [7, 11) is -3.10. The Bertz CT molecular complexity index is 1200. The van der Waals surface area contributed by atoms with Gasteiger partial charge >= 0.3 is 0 Å². The first-order valence-electron chi connectivity index (χ1n) is 10.4. The fraction of sp³-hybridized carbons (Fsp3) is 0.364. The van der Waals surface area contributed by atoms with Crippen molar-refractivity contribution in [1.82, 2.24) is 5.43 Å². The quantitative estimate of drug-likeness (QED) is 0.270. The van der Waals surface area contributed by atoms with Crippen molar-refractivity contribution in [1.29, 1.82) is 0 Å². The SMILES string of the molecule is CCCC/C(C)=N\NC(=O)CN(c1cc(Cl)ccc1OC)S(=O)(=O)c1ccc(C)c([N+](=O)[O-])c1. The fourth-order valence-electron chi connectivity index (χ4n) is 3.04. The topological polar surface area (TPSA) is 131 Å². The summed E-state index contributed by atoms with van der Waals surface area (Å²) in [6.45, 7) is 4.63. The largest absolute Gasteiger partial charge is 0.495 e. The average Bonchev–Trinajstić information content (AvgIpc) is 2.79. The summed E-state index contributed by atoms with van der Waals surface area (Å²) < 4.78 is 33.3. The number of benzene rings is 2. The molecule has 0 saturated carbocycles. The van der Waals surface area contributed by atoms with Gasteiger partial charge in [0.1, 0.15) is 12.3 Å². The van der Waals surface area contributed by atoms with Gasteiger partial charge in [0.2, 0.25) is 0 Å². The molecule has 0 saturated heterocycles. The van der Waals surface area contributed by atoms with Crippen molar-refractivity contribution < 1.29 is 22.9 Å². The van der Waals surface area contributed by atoms with Crippen LogP contribution in [-0.2, 0) is 14.8 Å². The number of amides is 1. The van der Waals surface area contributed by atoms with E-state index in [1.54, 1.807) is 6.92 Å². The standard InChI is InChI=1S/C22H27ClN4O6S/c1-5-6-7-16(3)24-25-22(28)14-26(20-12-17(23)9-11-21(20)33-4)34(31,32)18-10-8-15(2)19(13-18)27(29)30/h8-13H,5-7,14H2,1-4H3,(H,25,28)/b24-16-. The van der Waals surface area contributed by atoms with Gasteiger partial charge < -0.3 is 4.74 Å². The molecule has 2 aromatic carbocycles. The lowest BCUT2D eigenvalue weighted by atomic mass is 10.2. The lowest BCUT2D eigenvalue weighted by Crippen LogP contribution is -2.40. The predicted octanol–water partition coefficient (Wildman–Crippen LogP) is 4.44. The first kappa shape index (κ1) is 27.1. The molecular weight excluding hydrogens is 484 g/mol. The molecule has 10 nitrogen and oxygen atoms in total. The Hall–Kier alpha value is -3.18. The number of methoxy groups -OCH3 is 1. The normalized spacial score (nSPS) is 11.7. The number of anilines is 1. The van der Waals surface area contributed by atoms with Crippen LogP contribution in [0.3, 0.4) is 0 Å². The van der Waals surface area contributed by atoms with E-state index in [0.717, 1.165) is 23.2 Å². The van der Waals surface area contributed by atoms with Crippen LogP contribution in [0.4, 0.5) is 11.4 Å². The molecule has 12 heteroatoms. The van der Waals surface area contributed by atoms with Crippen LogP contribution in [0.15, 0.2) is 46.4 Å². The summed E-state index contributed by atoms with van der Waals surface area (Å²) in [6, 6.07) is 7.84. The van der Waals surface area contributed by atoms with Crippen molar-refractivity contribution in [3.63, 3.8) is 0 Å². The smallest absolute Gasteiger partial charge is 0.273 e. The third-order valence-electron chi connectivity index (χ3n) is 4.93. The van der Waals surface area contributed by atoms with Crippen molar-refractivity contribution in [2.45, 2.75) is 44.9 Å². The summed E-state index contributed by atoms with van der Waals surface area (Å²) in [6.07, 6.45) is 2.55.